The van der Waals surface area contributed by atoms with Gasteiger partial charge in [-0.3, -0.25) is 14.2 Å². The van der Waals surface area contributed by atoms with Gasteiger partial charge in [0.25, 0.3) is 5.56 Å². The molecule has 1 aromatic heterocycles. The highest BCUT2D eigenvalue weighted by Crippen LogP contribution is 2.52. The molecular formula is C40H38N4O2S. The smallest absolute Gasteiger partial charge is 0.263 e. The standard InChI is InChI=1S/C40H38N4O2S/c41-25-32-35(30-17-7-5-13-27(30)23-39(32)19-11-12-20-39)42-33(45)26-47-38-43-36-31-18-8-6-14-28(31)24-40(21-9-2-10-22-40)34(36)37(46)44(38)29-15-3-1-4-16-29/h1,3-8,13-18H,2,9-12,19-24,26H2,(H,42,45). The summed E-state index contributed by atoms with van der Waals surface area (Å²) in [5.41, 5.74) is 7.61. The number of nitriles is 1. The summed E-state index contributed by atoms with van der Waals surface area (Å²) in [5.74, 6) is -0.152. The van der Waals surface area contributed by atoms with Crippen LogP contribution in [0.1, 0.15) is 80.0 Å². The van der Waals surface area contributed by atoms with Crippen molar-refractivity contribution < 1.29 is 4.79 Å². The Morgan fingerprint density at radius 2 is 1.40 bits per heavy atom. The van der Waals surface area contributed by atoms with Crippen molar-refractivity contribution in [3.8, 4) is 23.0 Å². The maximum Gasteiger partial charge on any atom is 0.263 e. The van der Waals surface area contributed by atoms with Gasteiger partial charge in [-0.25, -0.2) is 4.98 Å². The average Bonchev–Trinajstić information content (AvgIpc) is 3.56. The van der Waals surface area contributed by atoms with Crippen molar-refractivity contribution >= 4 is 23.4 Å². The zero-order valence-corrected chi connectivity index (χ0v) is 27.4. The molecule has 47 heavy (non-hydrogen) atoms. The molecule has 0 unspecified atom stereocenters. The fourth-order valence-corrected chi connectivity index (χ4v) is 9.75. The highest BCUT2D eigenvalue weighted by atomic mass is 32.2. The molecule has 0 saturated heterocycles. The first kappa shape index (κ1) is 30.0. The normalized spacial score (nSPS) is 18.7. The summed E-state index contributed by atoms with van der Waals surface area (Å²) in [6, 6.07) is 28.7. The largest absolute Gasteiger partial charge is 0.324 e. The number of fused-ring (bicyclic) bond motifs is 5. The zero-order chi connectivity index (χ0) is 32.0. The Labute approximate surface area is 279 Å². The van der Waals surface area contributed by atoms with E-state index in [1.807, 2.05) is 54.6 Å². The summed E-state index contributed by atoms with van der Waals surface area (Å²) in [6.07, 6.45) is 11.2. The lowest BCUT2D eigenvalue weighted by Crippen LogP contribution is -2.43. The van der Waals surface area contributed by atoms with Gasteiger partial charge in [0.05, 0.1) is 40.0 Å². The van der Waals surface area contributed by atoms with Gasteiger partial charge >= 0.3 is 0 Å². The third-order valence-electron chi connectivity index (χ3n) is 11.1. The Hall–Kier alpha value is -4.41. The molecule has 1 heterocycles. The monoisotopic (exact) mass is 638 g/mol. The number of para-hydroxylation sites is 1. The average molecular weight is 639 g/mol. The minimum Gasteiger partial charge on any atom is -0.324 e. The third kappa shape index (κ3) is 5.05. The van der Waals surface area contributed by atoms with Crippen molar-refractivity contribution in [3.63, 3.8) is 0 Å². The molecule has 2 spiro atoms. The number of thioether (sulfide) groups is 1. The van der Waals surface area contributed by atoms with Gasteiger partial charge in [-0.2, -0.15) is 5.26 Å². The topological polar surface area (TPSA) is 87.8 Å². The van der Waals surface area contributed by atoms with E-state index in [2.05, 4.69) is 35.7 Å². The summed E-state index contributed by atoms with van der Waals surface area (Å²) in [4.78, 5) is 33.9. The van der Waals surface area contributed by atoms with Crippen LogP contribution in [-0.4, -0.2) is 21.2 Å². The number of benzene rings is 3. The molecule has 8 rings (SSSR count). The second kappa shape index (κ2) is 12.0. The Kier molecular flexibility index (Phi) is 7.64. The molecule has 4 aromatic rings. The van der Waals surface area contributed by atoms with Gasteiger partial charge in [-0.05, 0) is 61.8 Å². The Morgan fingerprint density at radius 3 is 2.13 bits per heavy atom. The molecule has 236 valence electrons. The summed E-state index contributed by atoms with van der Waals surface area (Å²) in [7, 11) is 0. The molecule has 4 aliphatic rings. The van der Waals surface area contributed by atoms with Crippen LogP contribution in [0.25, 0.3) is 22.6 Å². The second-order valence-electron chi connectivity index (χ2n) is 13.8. The summed E-state index contributed by atoms with van der Waals surface area (Å²) < 4.78 is 1.73. The molecule has 0 atom stereocenters. The zero-order valence-electron chi connectivity index (χ0n) is 26.6. The van der Waals surface area contributed by atoms with Crippen molar-refractivity contribution in [2.75, 3.05) is 5.75 Å². The van der Waals surface area contributed by atoms with Crippen LogP contribution >= 0.6 is 11.8 Å². The lowest BCUT2D eigenvalue weighted by molar-refractivity contribution is -0.117. The Morgan fingerprint density at radius 1 is 0.809 bits per heavy atom. The predicted octanol–water partition coefficient (Wildman–Crippen LogP) is 7.92. The van der Waals surface area contributed by atoms with Crippen LogP contribution in [0.3, 0.4) is 0 Å². The molecule has 2 fully saturated rings. The van der Waals surface area contributed by atoms with Crippen LogP contribution in [0, 0.1) is 16.7 Å². The molecule has 6 nitrogen and oxygen atoms in total. The number of hydrogen-bond donors (Lipinski definition) is 1. The van der Waals surface area contributed by atoms with Crippen molar-refractivity contribution in [3.05, 3.63) is 117 Å². The van der Waals surface area contributed by atoms with Crippen LogP contribution < -0.4 is 10.9 Å². The van der Waals surface area contributed by atoms with E-state index in [4.69, 9.17) is 4.98 Å². The number of carbonyl (C=O) groups is 1. The lowest BCUT2D eigenvalue weighted by Gasteiger charge is -2.42. The van der Waals surface area contributed by atoms with Gasteiger partial charge in [0.2, 0.25) is 5.91 Å². The van der Waals surface area contributed by atoms with Crippen molar-refractivity contribution in [1.29, 1.82) is 5.26 Å². The first-order valence-corrected chi connectivity index (χ1v) is 18.0. The van der Waals surface area contributed by atoms with Gasteiger partial charge in [-0.1, -0.05) is 111 Å². The fraction of sp³-hybridized carbons (Fsp3) is 0.350. The molecular weight excluding hydrogens is 601 g/mol. The molecule has 2 saturated carbocycles. The van der Waals surface area contributed by atoms with Crippen LogP contribution in [-0.2, 0) is 23.1 Å². The lowest BCUT2D eigenvalue weighted by atomic mass is 9.62. The summed E-state index contributed by atoms with van der Waals surface area (Å²) in [5, 5.41) is 14.1. The number of aromatic nitrogens is 2. The van der Waals surface area contributed by atoms with E-state index >= 15 is 0 Å². The molecule has 4 aliphatic carbocycles. The van der Waals surface area contributed by atoms with Crippen LogP contribution in [0.15, 0.2) is 94.4 Å². The van der Waals surface area contributed by atoms with Crippen LogP contribution in [0.4, 0.5) is 0 Å². The van der Waals surface area contributed by atoms with E-state index in [0.29, 0.717) is 16.4 Å². The SMILES string of the molecule is N#CC1=C(NC(=O)CSc2nc3c(c(=O)n2-c2ccccc2)C2(CCCCC2)Cc2ccccc2-3)c2ccccc2CC12CCCC2. The minimum atomic E-state index is -0.228. The molecule has 1 N–H and O–H groups in total. The third-order valence-corrected chi connectivity index (χ3v) is 12.0. The first-order chi connectivity index (χ1) is 23.0. The number of nitrogens with zero attached hydrogens (tertiary/aromatic N) is 3. The van der Waals surface area contributed by atoms with Crippen LogP contribution in [0.5, 0.6) is 0 Å². The van der Waals surface area contributed by atoms with E-state index in [1.165, 1.54) is 29.3 Å². The Bertz CT molecular complexity index is 2010. The maximum atomic E-state index is 14.8. The van der Waals surface area contributed by atoms with E-state index in [1.54, 1.807) is 4.57 Å². The number of allylic oxidation sites excluding steroid dienone is 1. The van der Waals surface area contributed by atoms with Gasteiger partial charge in [0.15, 0.2) is 5.16 Å². The van der Waals surface area contributed by atoms with Crippen molar-refractivity contribution in [2.24, 2.45) is 5.41 Å². The van der Waals surface area contributed by atoms with E-state index in [0.717, 1.165) is 92.3 Å². The maximum absolute atomic E-state index is 14.8. The number of rotatable bonds is 5. The second-order valence-corrected chi connectivity index (χ2v) is 14.7. The molecule has 0 aliphatic heterocycles. The number of nitrogens with one attached hydrogen (secondary N) is 1. The summed E-state index contributed by atoms with van der Waals surface area (Å²) in [6.45, 7) is 0. The van der Waals surface area contributed by atoms with E-state index in [9.17, 15) is 14.9 Å². The quantitative estimate of drug-likeness (QED) is 0.177. The molecule has 3 aromatic carbocycles. The van der Waals surface area contributed by atoms with Gasteiger partial charge in [0.1, 0.15) is 0 Å². The first-order valence-electron chi connectivity index (χ1n) is 17.0. The highest BCUT2D eigenvalue weighted by molar-refractivity contribution is 7.99. The van der Waals surface area contributed by atoms with Gasteiger partial charge in [-0.15, -0.1) is 0 Å². The highest BCUT2D eigenvalue weighted by Gasteiger charge is 2.45. The number of amides is 1. The Balaban J connectivity index is 1.19. The van der Waals surface area contributed by atoms with E-state index in [-0.39, 0.29) is 28.0 Å². The van der Waals surface area contributed by atoms with Gasteiger partial charge < -0.3 is 5.32 Å². The molecule has 7 heteroatoms. The number of hydrogen-bond acceptors (Lipinski definition) is 5. The van der Waals surface area contributed by atoms with Crippen molar-refractivity contribution in [1.82, 2.24) is 14.9 Å². The van der Waals surface area contributed by atoms with E-state index < -0.39 is 0 Å². The number of carbonyl (C=O) groups excluding carboxylic acids is 1. The van der Waals surface area contributed by atoms with Crippen LogP contribution in [0.2, 0.25) is 0 Å². The predicted molar refractivity (Wildman–Crippen MR) is 186 cm³/mol. The molecule has 0 radical (unpaired) electrons. The summed E-state index contributed by atoms with van der Waals surface area (Å²) >= 11 is 1.28. The fourth-order valence-electron chi connectivity index (χ4n) is 8.95. The van der Waals surface area contributed by atoms with Gasteiger partial charge in [0, 0.05) is 22.0 Å². The van der Waals surface area contributed by atoms with Crippen molar-refractivity contribution in [2.45, 2.75) is 81.2 Å². The molecule has 0 bridgehead atoms. The minimum absolute atomic E-state index is 0.0284. The molecule has 1 amide bonds.